The van der Waals surface area contributed by atoms with Crippen molar-refractivity contribution in [2.24, 2.45) is 5.41 Å². The van der Waals surface area contributed by atoms with Crippen LogP contribution in [0.15, 0.2) is 0 Å². The normalized spacial score (nSPS) is 31.0. The number of hydrogen-bond acceptors (Lipinski definition) is 3. The maximum absolute atomic E-state index is 5.43. The van der Waals surface area contributed by atoms with Crippen molar-refractivity contribution >= 4 is 0 Å². The van der Waals surface area contributed by atoms with Crippen molar-refractivity contribution in [1.29, 1.82) is 0 Å². The van der Waals surface area contributed by atoms with Crippen molar-refractivity contribution < 1.29 is 9.47 Å². The zero-order chi connectivity index (χ0) is 11.5. The fourth-order valence-corrected chi connectivity index (χ4v) is 2.29. The summed E-state index contributed by atoms with van der Waals surface area (Å²) in [6.07, 6.45) is 2.60. The lowest BCUT2D eigenvalue weighted by molar-refractivity contribution is -0.100. The number of hydrogen-bond donors (Lipinski definition) is 1. The van der Waals surface area contributed by atoms with Crippen molar-refractivity contribution in [3.8, 4) is 0 Å². The van der Waals surface area contributed by atoms with E-state index < -0.39 is 0 Å². The van der Waals surface area contributed by atoms with Crippen LogP contribution in [0.3, 0.4) is 0 Å². The minimum absolute atomic E-state index is 0.260. The fraction of sp³-hybridized carbons (Fsp3) is 1.00. The van der Waals surface area contributed by atoms with E-state index in [1.807, 2.05) is 0 Å². The third kappa shape index (κ3) is 2.92. The third-order valence-electron chi connectivity index (χ3n) is 3.70. The highest BCUT2D eigenvalue weighted by atomic mass is 16.5. The van der Waals surface area contributed by atoms with Crippen molar-refractivity contribution in [3.63, 3.8) is 0 Å². The standard InChI is InChI=1S/C12H25NO2/c1-9(6-7-14-4)13-10-8-11(15-5)12(10,2)3/h9-11,13H,6-8H2,1-5H3. The maximum Gasteiger partial charge on any atom is 0.0652 e. The summed E-state index contributed by atoms with van der Waals surface area (Å²) < 4.78 is 10.5. The van der Waals surface area contributed by atoms with Gasteiger partial charge in [-0.3, -0.25) is 0 Å². The molecule has 0 aliphatic heterocycles. The zero-order valence-electron chi connectivity index (χ0n) is 10.7. The van der Waals surface area contributed by atoms with Crippen LogP contribution in [0.25, 0.3) is 0 Å². The molecule has 3 atom stereocenters. The average Bonchev–Trinajstić information content (AvgIpc) is 2.20. The van der Waals surface area contributed by atoms with Crippen molar-refractivity contribution in [2.45, 2.75) is 51.8 Å². The summed E-state index contributed by atoms with van der Waals surface area (Å²) in [5.41, 5.74) is 0.260. The molecule has 0 bridgehead atoms. The quantitative estimate of drug-likeness (QED) is 0.733. The molecule has 3 nitrogen and oxygen atoms in total. The average molecular weight is 215 g/mol. The molecule has 1 rings (SSSR count). The summed E-state index contributed by atoms with van der Waals surface area (Å²) in [6, 6.07) is 1.10. The first-order chi connectivity index (χ1) is 7.02. The second-order valence-electron chi connectivity index (χ2n) is 5.18. The number of rotatable bonds is 6. The lowest BCUT2D eigenvalue weighted by Gasteiger charge is -2.52. The van der Waals surface area contributed by atoms with E-state index in [-0.39, 0.29) is 5.41 Å². The Bertz CT molecular complexity index is 194. The van der Waals surface area contributed by atoms with E-state index in [4.69, 9.17) is 9.47 Å². The van der Waals surface area contributed by atoms with Gasteiger partial charge in [-0.25, -0.2) is 0 Å². The molecule has 0 spiro atoms. The number of nitrogens with one attached hydrogen (secondary N) is 1. The highest BCUT2D eigenvalue weighted by molar-refractivity contribution is 5.03. The monoisotopic (exact) mass is 215 g/mol. The summed E-state index contributed by atoms with van der Waals surface area (Å²) in [6.45, 7) is 7.58. The Morgan fingerprint density at radius 3 is 2.53 bits per heavy atom. The first-order valence-corrected chi connectivity index (χ1v) is 5.80. The molecule has 0 radical (unpaired) electrons. The van der Waals surface area contributed by atoms with Gasteiger partial charge in [0.2, 0.25) is 0 Å². The van der Waals surface area contributed by atoms with Gasteiger partial charge in [-0.15, -0.1) is 0 Å². The predicted molar refractivity (Wildman–Crippen MR) is 62.1 cm³/mol. The van der Waals surface area contributed by atoms with E-state index in [1.54, 1.807) is 14.2 Å². The van der Waals surface area contributed by atoms with Gasteiger partial charge in [-0.1, -0.05) is 13.8 Å². The smallest absolute Gasteiger partial charge is 0.0652 e. The van der Waals surface area contributed by atoms with E-state index >= 15 is 0 Å². The summed E-state index contributed by atoms with van der Waals surface area (Å²) in [4.78, 5) is 0. The molecular formula is C12H25NO2. The van der Waals surface area contributed by atoms with Crippen LogP contribution in [0.2, 0.25) is 0 Å². The van der Waals surface area contributed by atoms with E-state index in [0.29, 0.717) is 18.2 Å². The van der Waals surface area contributed by atoms with E-state index in [0.717, 1.165) is 19.4 Å². The van der Waals surface area contributed by atoms with Crippen LogP contribution in [-0.4, -0.2) is 39.0 Å². The van der Waals surface area contributed by atoms with Crippen molar-refractivity contribution in [2.75, 3.05) is 20.8 Å². The minimum atomic E-state index is 0.260. The highest BCUT2D eigenvalue weighted by Crippen LogP contribution is 2.42. The van der Waals surface area contributed by atoms with Crippen LogP contribution in [0, 0.1) is 5.41 Å². The molecule has 0 aromatic heterocycles. The topological polar surface area (TPSA) is 30.5 Å². The molecule has 0 aromatic carbocycles. The van der Waals surface area contributed by atoms with Gasteiger partial charge in [-0.05, 0) is 19.8 Å². The van der Waals surface area contributed by atoms with Crippen LogP contribution >= 0.6 is 0 Å². The first kappa shape index (κ1) is 12.9. The molecule has 15 heavy (non-hydrogen) atoms. The van der Waals surface area contributed by atoms with Crippen molar-refractivity contribution in [3.05, 3.63) is 0 Å². The minimum Gasteiger partial charge on any atom is -0.385 e. The van der Waals surface area contributed by atoms with Crippen LogP contribution in [-0.2, 0) is 9.47 Å². The second-order valence-corrected chi connectivity index (χ2v) is 5.18. The maximum atomic E-state index is 5.43. The molecular weight excluding hydrogens is 190 g/mol. The third-order valence-corrected chi connectivity index (χ3v) is 3.70. The van der Waals surface area contributed by atoms with Gasteiger partial charge in [0.15, 0.2) is 0 Å². The first-order valence-electron chi connectivity index (χ1n) is 5.80. The highest BCUT2D eigenvalue weighted by Gasteiger charge is 2.48. The van der Waals surface area contributed by atoms with Gasteiger partial charge in [0.25, 0.3) is 0 Å². The Balaban J connectivity index is 2.29. The largest absolute Gasteiger partial charge is 0.385 e. The molecule has 1 aliphatic rings. The molecule has 0 heterocycles. The molecule has 0 amide bonds. The van der Waals surface area contributed by atoms with Crippen LogP contribution < -0.4 is 5.32 Å². The van der Waals surface area contributed by atoms with Crippen LogP contribution in [0.1, 0.15) is 33.6 Å². The number of ether oxygens (including phenoxy) is 2. The molecule has 1 saturated carbocycles. The van der Waals surface area contributed by atoms with E-state index in [2.05, 4.69) is 26.1 Å². The van der Waals surface area contributed by atoms with Crippen LogP contribution in [0.5, 0.6) is 0 Å². The molecule has 0 aromatic rings. The van der Waals surface area contributed by atoms with Gasteiger partial charge in [0.05, 0.1) is 6.10 Å². The summed E-state index contributed by atoms with van der Waals surface area (Å²) in [5, 5.41) is 3.65. The SMILES string of the molecule is COCCC(C)NC1CC(OC)C1(C)C. The molecule has 1 fully saturated rings. The lowest BCUT2D eigenvalue weighted by atomic mass is 9.64. The fourth-order valence-electron chi connectivity index (χ4n) is 2.29. The van der Waals surface area contributed by atoms with Gasteiger partial charge < -0.3 is 14.8 Å². The molecule has 90 valence electrons. The van der Waals surface area contributed by atoms with Gasteiger partial charge in [0, 0.05) is 38.3 Å². The Morgan fingerprint density at radius 2 is 2.07 bits per heavy atom. The molecule has 1 N–H and O–H groups in total. The van der Waals surface area contributed by atoms with Crippen molar-refractivity contribution in [1.82, 2.24) is 5.32 Å². The molecule has 0 saturated heterocycles. The Morgan fingerprint density at radius 1 is 1.40 bits per heavy atom. The predicted octanol–water partition coefficient (Wildman–Crippen LogP) is 1.81. The van der Waals surface area contributed by atoms with Gasteiger partial charge in [0.1, 0.15) is 0 Å². The summed E-state index contributed by atoms with van der Waals surface area (Å²) in [7, 11) is 3.55. The second kappa shape index (κ2) is 5.28. The van der Waals surface area contributed by atoms with Gasteiger partial charge in [-0.2, -0.15) is 0 Å². The van der Waals surface area contributed by atoms with Gasteiger partial charge >= 0.3 is 0 Å². The summed E-state index contributed by atoms with van der Waals surface area (Å²) in [5.74, 6) is 0. The van der Waals surface area contributed by atoms with Crippen LogP contribution in [0.4, 0.5) is 0 Å². The lowest BCUT2D eigenvalue weighted by Crippen LogP contribution is -2.62. The number of methoxy groups -OCH3 is 2. The molecule has 3 unspecified atom stereocenters. The Labute approximate surface area is 93.5 Å². The Hall–Kier alpha value is -0.120. The molecule has 1 aliphatic carbocycles. The Kier molecular flexibility index (Phi) is 4.56. The van der Waals surface area contributed by atoms with E-state index in [9.17, 15) is 0 Å². The molecule has 3 heteroatoms. The zero-order valence-corrected chi connectivity index (χ0v) is 10.7. The van der Waals surface area contributed by atoms with E-state index in [1.165, 1.54) is 0 Å². The summed E-state index contributed by atoms with van der Waals surface area (Å²) >= 11 is 0.